The molecule has 1 rings (SSSR count). The number of ether oxygens (including phenoxy) is 1. The molecule has 23 heavy (non-hydrogen) atoms. The summed E-state index contributed by atoms with van der Waals surface area (Å²) in [7, 11) is 1.24. The van der Waals surface area contributed by atoms with E-state index >= 15 is 0 Å². The van der Waals surface area contributed by atoms with E-state index in [-0.39, 0.29) is 30.3 Å². The Hall–Kier alpha value is -2.19. The van der Waals surface area contributed by atoms with Crippen molar-refractivity contribution >= 4 is 46.7 Å². The Balaban J connectivity index is 2.26. The van der Waals surface area contributed by atoms with Gasteiger partial charge in [-0.05, 0) is 29.9 Å². The summed E-state index contributed by atoms with van der Waals surface area (Å²) in [6.07, 6.45) is 0.0180. The van der Waals surface area contributed by atoms with Gasteiger partial charge >= 0.3 is 5.97 Å². The molecule has 7 nitrogen and oxygen atoms in total. The molecule has 124 valence electrons. The minimum absolute atomic E-state index is 0.0477. The Morgan fingerprint density at radius 3 is 2.35 bits per heavy atom. The van der Waals surface area contributed by atoms with Crippen LogP contribution in [0, 0.1) is 0 Å². The number of carbonyl (C=O) groups is 3. The second-order valence-corrected chi connectivity index (χ2v) is 5.27. The van der Waals surface area contributed by atoms with Crippen molar-refractivity contribution in [2.45, 2.75) is 19.3 Å². The molecule has 2 amide bonds. The number of methoxy groups -OCH3 is 1. The average molecular weight is 358 g/mol. The third-order valence-corrected chi connectivity index (χ3v) is 3.09. The van der Waals surface area contributed by atoms with Gasteiger partial charge in [0.1, 0.15) is 0 Å². The van der Waals surface area contributed by atoms with Gasteiger partial charge in [0.2, 0.25) is 11.8 Å². The SMILES string of the molecule is COC(=O)CCC(=O)NC(=S)NNC(=O)Cc1ccc(Cl)cc1. The summed E-state index contributed by atoms with van der Waals surface area (Å²) in [5, 5.41) is 2.85. The second-order valence-electron chi connectivity index (χ2n) is 4.43. The van der Waals surface area contributed by atoms with Crippen LogP contribution in [0.4, 0.5) is 0 Å². The van der Waals surface area contributed by atoms with Gasteiger partial charge in [-0.25, -0.2) is 0 Å². The Morgan fingerprint density at radius 1 is 1.09 bits per heavy atom. The molecule has 0 saturated carbocycles. The van der Waals surface area contributed by atoms with Crippen LogP contribution in [0.15, 0.2) is 24.3 Å². The lowest BCUT2D eigenvalue weighted by Gasteiger charge is -2.10. The summed E-state index contributed by atoms with van der Waals surface area (Å²) in [6.45, 7) is 0. The van der Waals surface area contributed by atoms with Crippen LogP contribution in [0.5, 0.6) is 0 Å². The highest BCUT2D eigenvalue weighted by atomic mass is 35.5. The van der Waals surface area contributed by atoms with Crippen molar-refractivity contribution < 1.29 is 19.1 Å². The predicted molar refractivity (Wildman–Crippen MR) is 88.4 cm³/mol. The van der Waals surface area contributed by atoms with Crippen molar-refractivity contribution in [1.29, 1.82) is 0 Å². The molecule has 3 N–H and O–H groups in total. The molecule has 0 radical (unpaired) electrons. The fourth-order valence-corrected chi connectivity index (χ4v) is 1.79. The van der Waals surface area contributed by atoms with Crippen LogP contribution in [-0.4, -0.2) is 30.0 Å². The summed E-state index contributed by atoms with van der Waals surface area (Å²) in [6, 6.07) is 6.83. The first-order chi connectivity index (χ1) is 10.9. The maximum Gasteiger partial charge on any atom is 0.306 e. The van der Waals surface area contributed by atoms with Crippen LogP contribution < -0.4 is 16.2 Å². The zero-order valence-electron chi connectivity index (χ0n) is 12.3. The molecule has 0 aliphatic rings. The largest absolute Gasteiger partial charge is 0.469 e. The first-order valence-electron chi connectivity index (χ1n) is 6.60. The Kier molecular flexibility index (Phi) is 8.00. The van der Waals surface area contributed by atoms with E-state index in [9.17, 15) is 14.4 Å². The summed E-state index contributed by atoms with van der Waals surface area (Å²) in [4.78, 5) is 34.1. The monoisotopic (exact) mass is 357 g/mol. The lowest BCUT2D eigenvalue weighted by atomic mass is 10.1. The van der Waals surface area contributed by atoms with E-state index in [2.05, 4.69) is 20.9 Å². The van der Waals surface area contributed by atoms with Crippen molar-refractivity contribution in [1.82, 2.24) is 16.2 Å². The number of thiocarbonyl (C=S) groups is 1. The molecule has 0 fully saturated rings. The summed E-state index contributed by atoms with van der Waals surface area (Å²) >= 11 is 10.6. The summed E-state index contributed by atoms with van der Waals surface area (Å²) in [5.41, 5.74) is 5.54. The van der Waals surface area contributed by atoms with Gasteiger partial charge in [0.15, 0.2) is 5.11 Å². The molecule has 1 aromatic rings. The minimum Gasteiger partial charge on any atom is -0.469 e. The quantitative estimate of drug-likeness (QED) is 0.411. The molecule has 0 heterocycles. The molecular weight excluding hydrogens is 342 g/mol. The van der Waals surface area contributed by atoms with Gasteiger partial charge in [0.05, 0.1) is 20.0 Å². The number of rotatable bonds is 5. The van der Waals surface area contributed by atoms with Gasteiger partial charge in [-0.15, -0.1) is 0 Å². The second kappa shape index (κ2) is 9.75. The van der Waals surface area contributed by atoms with E-state index in [1.807, 2.05) is 0 Å². The molecular formula is C14H16ClN3O4S. The molecule has 0 aliphatic heterocycles. The fraction of sp³-hybridized carbons (Fsp3) is 0.286. The highest BCUT2D eigenvalue weighted by Gasteiger charge is 2.09. The van der Waals surface area contributed by atoms with Gasteiger partial charge in [0, 0.05) is 11.4 Å². The molecule has 0 spiro atoms. The third-order valence-electron chi connectivity index (χ3n) is 2.63. The normalized spacial score (nSPS) is 9.65. The highest BCUT2D eigenvalue weighted by Crippen LogP contribution is 2.09. The molecule has 1 aromatic carbocycles. The number of benzene rings is 1. The van der Waals surface area contributed by atoms with E-state index in [0.29, 0.717) is 5.02 Å². The smallest absolute Gasteiger partial charge is 0.306 e. The molecule has 0 aromatic heterocycles. The van der Waals surface area contributed by atoms with E-state index in [1.54, 1.807) is 24.3 Å². The molecule has 0 atom stereocenters. The van der Waals surface area contributed by atoms with Gasteiger partial charge in [-0.3, -0.25) is 25.2 Å². The zero-order valence-corrected chi connectivity index (χ0v) is 13.9. The van der Waals surface area contributed by atoms with Crippen LogP contribution in [0.2, 0.25) is 5.02 Å². The molecule has 0 unspecified atom stereocenters. The minimum atomic E-state index is -0.490. The highest BCUT2D eigenvalue weighted by molar-refractivity contribution is 7.80. The zero-order chi connectivity index (χ0) is 17.2. The Morgan fingerprint density at radius 2 is 1.74 bits per heavy atom. The molecule has 9 heteroatoms. The predicted octanol–water partition coefficient (Wildman–Crippen LogP) is 0.858. The first kappa shape index (κ1) is 18.9. The van der Waals surface area contributed by atoms with Crippen molar-refractivity contribution in [3.8, 4) is 0 Å². The topological polar surface area (TPSA) is 96.5 Å². The Bertz CT molecular complexity index is 592. The number of hydrogen-bond acceptors (Lipinski definition) is 5. The van der Waals surface area contributed by atoms with Crippen molar-refractivity contribution in [3.05, 3.63) is 34.9 Å². The number of carbonyl (C=O) groups excluding carboxylic acids is 3. The van der Waals surface area contributed by atoms with Gasteiger partial charge in [0.25, 0.3) is 0 Å². The third kappa shape index (κ3) is 8.12. The number of amides is 2. The summed E-state index contributed by atoms with van der Waals surface area (Å²) in [5.74, 6) is -1.28. The first-order valence-corrected chi connectivity index (χ1v) is 7.39. The lowest BCUT2D eigenvalue weighted by Crippen LogP contribution is -2.48. The maximum atomic E-state index is 11.7. The number of hydrazine groups is 1. The van der Waals surface area contributed by atoms with Crippen LogP contribution in [0.3, 0.4) is 0 Å². The van der Waals surface area contributed by atoms with Gasteiger partial charge in [-0.2, -0.15) is 0 Å². The lowest BCUT2D eigenvalue weighted by molar-refractivity contribution is -0.142. The molecule has 0 aliphatic carbocycles. The van der Waals surface area contributed by atoms with Crippen LogP contribution in [0.25, 0.3) is 0 Å². The Labute approximate surface area is 143 Å². The number of hydrogen-bond donors (Lipinski definition) is 3. The van der Waals surface area contributed by atoms with Crippen LogP contribution in [-0.2, 0) is 25.5 Å². The van der Waals surface area contributed by atoms with E-state index in [0.717, 1.165) is 5.56 Å². The van der Waals surface area contributed by atoms with E-state index in [1.165, 1.54) is 7.11 Å². The maximum absolute atomic E-state index is 11.7. The van der Waals surface area contributed by atoms with E-state index < -0.39 is 11.9 Å². The number of esters is 1. The van der Waals surface area contributed by atoms with Gasteiger partial charge < -0.3 is 10.1 Å². The number of halogens is 1. The standard InChI is InChI=1S/C14H16ClN3O4S/c1-22-13(21)7-6-11(19)16-14(23)18-17-12(20)8-9-2-4-10(15)5-3-9/h2-5H,6-8H2,1H3,(H,17,20)(H2,16,18,19,23). The number of nitrogens with one attached hydrogen (secondary N) is 3. The average Bonchev–Trinajstić information content (AvgIpc) is 2.52. The molecule has 0 saturated heterocycles. The van der Waals surface area contributed by atoms with Gasteiger partial charge in [-0.1, -0.05) is 23.7 Å². The summed E-state index contributed by atoms with van der Waals surface area (Å²) < 4.78 is 4.42. The fourth-order valence-electron chi connectivity index (χ4n) is 1.50. The van der Waals surface area contributed by atoms with E-state index in [4.69, 9.17) is 23.8 Å². The van der Waals surface area contributed by atoms with Crippen molar-refractivity contribution in [3.63, 3.8) is 0 Å². The van der Waals surface area contributed by atoms with Crippen LogP contribution in [0.1, 0.15) is 18.4 Å². The van der Waals surface area contributed by atoms with Crippen LogP contribution >= 0.6 is 23.8 Å². The molecule has 0 bridgehead atoms. The van der Waals surface area contributed by atoms with Crippen molar-refractivity contribution in [2.24, 2.45) is 0 Å². The van der Waals surface area contributed by atoms with Crippen molar-refractivity contribution in [2.75, 3.05) is 7.11 Å².